The number of nitrogens with zero attached hydrogens (tertiary/aromatic N) is 1. The van der Waals surface area contributed by atoms with Crippen molar-refractivity contribution >= 4 is 5.69 Å². The maximum atomic E-state index is 9.30. The molecule has 0 atom stereocenters. The average Bonchev–Trinajstić information content (AvgIpc) is 2.73. The number of benzene rings is 1. The van der Waals surface area contributed by atoms with Gasteiger partial charge in [0.15, 0.2) is 0 Å². The lowest BCUT2D eigenvalue weighted by atomic mass is 9.92. The highest BCUT2D eigenvalue weighted by atomic mass is 16.5. The molecule has 21 heavy (non-hydrogen) atoms. The van der Waals surface area contributed by atoms with Crippen LogP contribution in [0.15, 0.2) is 0 Å². The van der Waals surface area contributed by atoms with Gasteiger partial charge < -0.3 is 19.8 Å². The first-order chi connectivity index (χ1) is 9.82. The van der Waals surface area contributed by atoms with Crippen molar-refractivity contribution < 1.29 is 14.9 Å². The highest BCUT2D eigenvalue weighted by Gasteiger charge is 2.35. The average molecular weight is 293 g/mol. The third-order valence-electron chi connectivity index (χ3n) is 4.38. The van der Waals surface area contributed by atoms with Gasteiger partial charge in [0.25, 0.3) is 0 Å². The smallest absolute Gasteiger partial charge is 0.127 e. The molecule has 0 saturated heterocycles. The quantitative estimate of drug-likeness (QED) is 0.873. The first kappa shape index (κ1) is 16.1. The minimum Gasteiger partial charge on any atom is -0.487 e. The standard InChI is InChI=1S/C17H27NO3/c1-11-12(2)16-14(10-17(4,5)21-16)13(3)15(11)18(6-8-19)7-9-20/h19-20H,6-10H2,1-5H3. The summed E-state index contributed by atoms with van der Waals surface area (Å²) in [4.78, 5) is 2.07. The predicted molar refractivity (Wildman–Crippen MR) is 85.4 cm³/mol. The van der Waals surface area contributed by atoms with Gasteiger partial charge >= 0.3 is 0 Å². The zero-order chi connectivity index (χ0) is 15.8. The van der Waals surface area contributed by atoms with Crippen molar-refractivity contribution in [3.8, 4) is 5.75 Å². The van der Waals surface area contributed by atoms with Crippen molar-refractivity contribution in [3.63, 3.8) is 0 Å². The fourth-order valence-corrected chi connectivity index (χ4v) is 3.31. The summed E-state index contributed by atoms with van der Waals surface area (Å²) < 4.78 is 6.12. The van der Waals surface area contributed by atoms with E-state index in [1.807, 2.05) is 0 Å². The molecule has 1 aliphatic rings. The summed E-state index contributed by atoms with van der Waals surface area (Å²) in [5.41, 5.74) is 5.78. The minimum absolute atomic E-state index is 0.0804. The summed E-state index contributed by atoms with van der Waals surface area (Å²) >= 11 is 0. The molecule has 1 aromatic rings. The lowest BCUT2D eigenvalue weighted by Gasteiger charge is -2.29. The van der Waals surface area contributed by atoms with Crippen LogP contribution in [0.2, 0.25) is 0 Å². The summed E-state index contributed by atoms with van der Waals surface area (Å²) in [6.45, 7) is 11.7. The number of ether oxygens (including phenoxy) is 1. The van der Waals surface area contributed by atoms with Gasteiger partial charge in [-0.3, -0.25) is 0 Å². The third kappa shape index (κ3) is 2.87. The predicted octanol–water partition coefficient (Wildman–Crippen LogP) is 2.12. The van der Waals surface area contributed by atoms with E-state index in [4.69, 9.17) is 4.74 Å². The molecule has 0 unspecified atom stereocenters. The first-order valence-electron chi connectivity index (χ1n) is 7.60. The van der Waals surface area contributed by atoms with Gasteiger partial charge in [0, 0.05) is 30.8 Å². The molecule has 4 nitrogen and oxygen atoms in total. The molecule has 0 fully saturated rings. The molecule has 1 heterocycles. The molecule has 0 spiro atoms. The Labute approximate surface area is 127 Å². The van der Waals surface area contributed by atoms with E-state index in [-0.39, 0.29) is 18.8 Å². The van der Waals surface area contributed by atoms with Crippen LogP contribution < -0.4 is 9.64 Å². The van der Waals surface area contributed by atoms with Gasteiger partial charge in [-0.05, 0) is 51.3 Å². The van der Waals surface area contributed by atoms with Crippen LogP contribution in [0.25, 0.3) is 0 Å². The lowest BCUT2D eigenvalue weighted by molar-refractivity contribution is 0.137. The fourth-order valence-electron chi connectivity index (χ4n) is 3.31. The van der Waals surface area contributed by atoms with E-state index in [9.17, 15) is 10.2 Å². The van der Waals surface area contributed by atoms with Gasteiger partial charge in [0.1, 0.15) is 11.4 Å². The zero-order valence-corrected chi connectivity index (χ0v) is 13.8. The highest BCUT2D eigenvalue weighted by molar-refractivity contribution is 5.69. The lowest BCUT2D eigenvalue weighted by Crippen LogP contribution is -2.31. The van der Waals surface area contributed by atoms with E-state index in [0.29, 0.717) is 13.1 Å². The van der Waals surface area contributed by atoms with Gasteiger partial charge in [-0.25, -0.2) is 0 Å². The molecular weight excluding hydrogens is 266 g/mol. The maximum Gasteiger partial charge on any atom is 0.127 e. The van der Waals surface area contributed by atoms with Crippen molar-refractivity contribution in [1.29, 1.82) is 0 Å². The van der Waals surface area contributed by atoms with Crippen molar-refractivity contribution in [1.82, 2.24) is 0 Å². The number of aliphatic hydroxyl groups excluding tert-OH is 2. The van der Waals surface area contributed by atoms with Gasteiger partial charge in [0.2, 0.25) is 0 Å². The van der Waals surface area contributed by atoms with Gasteiger partial charge in [-0.2, -0.15) is 0 Å². The highest BCUT2D eigenvalue weighted by Crippen LogP contribution is 2.45. The van der Waals surface area contributed by atoms with Crippen LogP contribution in [-0.4, -0.2) is 42.1 Å². The summed E-state index contributed by atoms with van der Waals surface area (Å²) in [6, 6.07) is 0. The summed E-state index contributed by atoms with van der Waals surface area (Å²) in [5, 5.41) is 18.6. The van der Waals surface area contributed by atoms with Crippen LogP contribution in [0.3, 0.4) is 0 Å². The molecule has 0 amide bonds. The Morgan fingerprint density at radius 3 is 2.10 bits per heavy atom. The number of aliphatic hydroxyl groups is 2. The number of anilines is 1. The summed E-state index contributed by atoms with van der Waals surface area (Å²) in [6.07, 6.45) is 0.897. The molecule has 1 aromatic carbocycles. The Morgan fingerprint density at radius 1 is 1.00 bits per heavy atom. The van der Waals surface area contributed by atoms with Crippen LogP contribution in [0.4, 0.5) is 5.69 Å². The first-order valence-corrected chi connectivity index (χ1v) is 7.60. The van der Waals surface area contributed by atoms with E-state index in [1.54, 1.807) is 0 Å². The van der Waals surface area contributed by atoms with Crippen LogP contribution in [-0.2, 0) is 6.42 Å². The maximum absolute atomic E-state index is 9.30. The second kappa shape index (κ2) is 5.85. The van der Waals surface area contributed by atoms with E-state index < -0.39 is 0 Å². The molecule has 0 aromatic heterocycles. The molecule has 1 aliphatic heterocycles. The second-order valence-corrected chi connectivity index (χ2v) is 6.50. The molecule has 2 N–H and O–H groups in total. The number of rotatable bonds is 5. The summed E-state index contributed by atoms with van der Waals surface area (Å²) in [5.74, 6) is 1.02. The minimum atomic E-state index is -0.165. The van der Waals surface area contributed by atoms with Crippen LogP contribution in [0, 0.1) is 20.8 Å². The molecule has 0 bridgehead atoms. The van der Waals surface area contributed by atoms with Gasteiger partial charge in [-0.15, -0.1) is 0 Å². The Balaban J connectivity index is 2.56. The zero-order valence-electron chi connectivity index (χ0n) is 13.8. The van der Waals surface area contributed by atoms with E-state index in [2.05, 4.69) is 39.5 Å². The Hall–Kier alpha value is -1.26. The molecular formula is C17H27NO3. The van der Waals surface area contributed by atoms with Gasteiger partial charge in [-0.1, -0.05) is 0 Å². The van der Waals surface area contributed by atoms with Crippen LogP contribution in [0.1, 0.15) is 36.1 Å². The second-order valence-electron chi connectivity index (χ2n) is 6.50. The molecule has 2 rings (SSSR count). The molecule has 4 heteroatoms. The third-order valence-corrected chi connectivity index (χ3v) is 4.38. The monoisotopic (exact) mass is 293 g/mol. The Bertz CT molecular complexity index is 532. The van der Waals surface area contributed by atoms with Crippen molar-refractivity contribution in [3.05, 3.63) is 22.3 Å². The molecule has 0 aliphatic carbocycles. The van der Waals surface area contributed by atoms with Crippen molar-refractivity contribution in [2.75, 3.05) is 31.2 Å². The van der Waals surface area contributed by atoms with Gasteiger partial charge in [0.05, 0.1) is 13.2 Å². The molecule has 118 valence electrons. The Kier molecular flexibility index (Phi) is 4.49. The largest absolute Gasteiger partial charge is 0.487 e. The number of hydrogen-bond acceptors (Lipinski definition) is 4. The summed E-state index contributed by atoms with van der Waals surface area (Å²) in [7, 11) is 0. The topological polar surface area (TPSA) is 52.9 Å². The van der Waals surface area contributed by atoms with Crippen LogP contribution in [0.5, 0.6) is 5.75 Å². The molecule has 0 radical (unpaired) electrons. The number of hydrogen-bond donors (Lipinski definition) is 2. The fraction of sp³-hybridized carbons (Fsp3) is 0.647. The van der Waals surface area contributed by atoms with Crippen LogP contribution >= 0.6 is 0 Å². The van der Waals surface area contributed by atoms with E-state index in [0.717, 1.165) is 23.4 Å². The van der Waals surface area contributed by atoms with Crippen molar-refractivity contribution in [2.24, 2.45) is 0 Å². The normalized spacial score (nSPS) is 15.8. The molecule has 0 saturated carbocycles. The Morgan fingerprint density at radius 2 is 1.57 bits per heavy atom. The van der Waals surface area contributed by atoms with Crippen molar-refractivity contribution in [2.45, 2.75) is 46.6 Å². The SMILES string of the molecule is Cc1c(C)c(N(CCO)CCO)c(C)c2c1OC(C)(C)C2. The number of fused-ring (bicyclic) bond motifs is 1. The van der Waals surface area contributed by atoms with E-state index in [1.165, 1.54) is 16.7 Å². The van der Waals surface area contributed by atoms with E-state index >= 15 is 0 Å².